The van der Waals surface area contributed by atoms with Gasteiger partial charge in [-0.3, -0.25) is 0 Å². The highest BCUT2D eigenvalue weighted by atomic mass is 28.3. The van der Waals surface area contributed by atoms with Crippen LogP contribution >= 0.6 is 0 Å². The molecule has 0 N–H and O–H groups in total. The van der Waals surface area contributed by atoms with Crippen LogP contribution in [0, 0.1) is 0 Å². The van der Waals surface area contributed by atoms with Gasteiger partial charge in [0.25, 0.3) is 0 Å². The lowest BCUT2D eigenvalue weighted by atomic mass is 9.96. The molecule has 1 heterocycles. The van der Waals surface area contributed by atoms with E-state index < -0.39 is 8.07 Å². The maximum atomic E-state index is 5.39. The van der Waals surface area contributed by atoms with Crippen LogP contribution in [-0.4, -0.2) is 23.0 Å². The smallest absolute Gasteiger partial charge is 0.179 e. The van der Waals surface area contributed by atoms with Crippen LogP contribution in [-0.2, 0) is 0 Å². The first-order valence-electron chi connectivity index (χ1n) is 19.1. The highest BCUT2D eigenvalue weighted by molar-refractivity contribution is 7.19. The molecule has 0 bridgehead atoms. The van der Waals surface area contributed by atoms with Gasteiger partial charge in [-0.2, -0.15) is 0 Å². The molecule has 0 unspecified atom stereocenters. The first kappa shape index (κ1) is 33.5. The monoisotopic (exact) mass is 731 g/mol. The minimum Gasteiger partial charge on any atom is -0.212 e. The Bertz CT molecular complexity index is 2700. The first-order chi connectivity index (χ1) is 27.8. The van der Waals surface area contributed by atoms with E-state index in [1.807, 2.05) is 18.2 Å². The van der Waals surface area contributed by atoms with Crippen LogP contribution in [0.3, 0.4) is 0 Å². The summed E-state index contributed by atoms with van der Waals surface area (Å²) in [5, 5.41) is 5.21. The van der Waals surface area contributed by atoms with Crippen LogP contribution in [0.2, 0.25) is 0 Å². The van der Waals surface area contributed by atoms with E-state index in [9.17, 15) is 0 Å². The molecule has 1 aliphatic carbocycles. The van der Waals surface area contributed by atoms with E-state index in [1.165, 1.54) is 54.1 Å². The van der Waals surface area contributed by atoms with Gasteiger partial charge in [0.1, 0.15) is 5.82 Å². The lowest BCUT2D eigenvalue weighted by Gasteiger charge is -2.34. The molecule has 0 amide bonds. The summed E-state index contributed by atoms with van der Waals surface area (Å²) in [5.41, 5.74) is 9.25. The van der Waals surface area contributed by atoms with E-state index >= 15 is 0 Å². The summed E-state index contributed by atoms with van der Waals surface area (Å²) in [7, 11) is -2.87. The molecular weight excluding hydrogens is 695 g/mol. The summed E-state index contributed by atoms with van der Waals surface area (Å²) >= 11 is 0. The van der Waals surface area contributed by atoms with Crippen molar-refractivity contribution in [3.05, 3.63) is 235 Å². The highest BCUT2D eigenvalue weighted by Crippen LogP contribution is 2.47. The lowest BCUT2D eigenvalue weighted by Crippen LogP contribution is -2.74. The molecule has 0 aliphatic heterocycles. The van der Waals surface area contributed by atoms with Crippen molar-refractivity contribution in [3.8, 4) is 45.0 Å². The largest absolute Gasteiger partial charge is 0.212 e. The Hall–Kier alpha value is -7.01. The van der Waals surface area contributed by atoms with Crippen LogP contribution in [0.15, 0.2) is 218 Å². The Labute approximate surface area is 328 Å². The minimum absolute atomic E-state index is 0.111. The van der Waals surface area contributed by atoms with Crippen LogP contribution < -0.4 is 20.7 Å². The quantitative estimate of drug-likeness (QED) is 0.116. The van der Waals surface area contributed by atoms with E-state index in [0.29, 0.717) is 11.6 Å². The van der Waals surface area contributed by atoms with Crippen LogP contribution in [0.4, 0.5) is 0 Å². The Balaban J connectivity index is 1.19. The number of hydrogen-bond acceptors (Lipinski definition) is 3. The predicted octanol–water partition coefficient (Wildman–Crippen LogP) is 9.41. The Morgan fingerprint density at radius 1 is 0.304 bits per heavy atom. The highest BCUT2D eigenvalue weighted by Gasteiger charge is 2.42. The van der Waals surface area contributed by atoms with Crippen LogP contribution in [0.25, 0.3) is 45.0 Å². The summed E-state index contributed by atoms with van der Waals surface area (Å²) in [6.45, 7) is 0. The second-order valence-electron chi connectivity index (χ2n) is 14.3. The van der Waals surface area contributed by atoms with Crippen molar-refractivity contribution in [3.63, 3.8) is 0 Å². The van der Waals surface area contributed by atoms with E-state index in [-0.39, 0.29) is 5.92 Å². The molecule has 0 saturated heterocycles. The van der Waals surface area contributed by atoms with Gasteiger partial charge in [-0.05, 0) is 54.1 Å². The molecule has 9 aromatic rings. The maximum absolute atomic E-state index is 5.39. The van der Waals surface area contributed by atoms with Gasteiger partial charge in [-0.1, -0.05) is 218 Å². The fourth-order valence-electron chi connectivity index (χ4n) is 8.61. The molecule has 0 radical (unpaired) electrons. The SMILES string of the molecule is c1ccc(-c2ccc([Si](c3ccccc3)(c3ccccc3)c3cccc(-c4nc(-c5ccccc5)nc(C5c6ccccc6-c6ccccc65)n4)c3)cc2)cc1. The summed E-state index contributed by atoms with van der Waals surface area (Å²) < 4.78 is 0. The zero-order valence-corrected chi connectivity index (χ0v) is 31.7. The zero-order valence-electron chi connectivity index (χ0n) is 30.7. The standard InChI is InChI=1S/C52H37N3Si/c1-5-18-37(19-6-1)38-32-34-43(35-33-38)56(41-23-9-3-10-24-41,42-25-11-4-12-26-42)44-27-17-22-40(36-44)51-53-50(39-20-7-2-8-21-39)54-52(55-51)49-47-30-15-13-28-45(47)46-29-14-16-31-48(46)49/h1-36,49H. The van der Waals surface area contributed by atoms with E-state index in [2.05, 4.69) is 200 Å². The molecule has 3 nitrogen and oxygen atoms in total. The number of rotatable bonds is 8. The van der Waals surface area contributed by atoms with Crippen molar-refractivity contribution >= 4 is 28.8 Å². The predicted molar refractivity (Wildman–Crippen MR) is 233 cm³/mol. The lowest BCUT2D eigenvalue weighted by molar-refractivity contribution is 0.856. The number of hydrogen-bond donors (Lipinski definition) is 0. The number of benzene rings is 8. The van der Waals surface area contributed by atoms with Crippen molar-refractivity contribution < 1.29 is 0 Å². The molecule has 10 rings (SSSR count). The maximum Gasteiger partial charge on any atom is 0.179 e. The molecule has 56 heavy (non-hydrogen) atoms. The second-order valence-corrected chi connectivity index (χ2v) is 18.1. The van der Waals surface area contributed by atoms with E-state index in [1.54, 1.807) is 0 Å². The van der Waals surface area contributed by atoms with Gasteiger partial charge in [0.15, 0.2) is 19.7 Å². The van der Waals surface area contributed by atoms with Crippen molar-refractivity contribution in [1.82, 2.24) is 15.0 Å². The number of nitrogens with zero attached hydrogens (tertiary/aromatic N) is 3. The normalized spacial score (nSPS) is 12.2. The average molecular weight is 732 g/mol. The molecule has 0 atom stereocenters. The molecule has 1 aromatic heterocycles. The fourth-order valence-corrected chi connectivity index (χ4v) is 13.4. The fraction of sp³-hybridized carbons (Fsp3) is 0.0192. The van der Waals surface area contributed by atoms with Crippen molar-refractivity contribution in [1.29, 1.82) is 0 Å². The molecule has 0 spiro atoms. The van der Waals surface area contributed by atoms with Crippen molar-refractivity contribution in [2.24, 2.45) is 0 Å². The van der Waals surface area contributed by atoms with Crippen LogP contribution in [0.5, 0.6) is 0 Å². The van der Waals surface area contributed by atoms with Crippen molar-refractivity contribution in [2.45, 2.75) is 5.92 Å². The molecule has 0 fully saturated rings. The Morgan fingerprint density at radius 3 is 1.29 bits per heavy atom. The van der Waals surface area contributed by atoms with Gasteiger partial charge in [0.2, 0.25) is 0 Å². The minimum atomic E-state index is -2.87. The van der Waals surface area contributed by atoms with Crippen LogP contribution in [0.1, 0.15) is 22.9 Å². The van der Waals surface area contributed by atoms with Crippen molar-refractivity contribution in [2.75, 3.05) is 0 Å². The number of fused-ring (bicyclic) bond motifs is 3. The zero-order chi connectivity index (χ0) is 37.3. The van der Waals surface area contributed by atoms with Gasteiger partial charge in [-0.15, -0.1) is 0 Å². The molecule has 0 saturated carbocycles. The van der Waals surface area contributed by atoms with Gasteiger partial charge in [-0.25, -0.2) is 15.0 Å². The topological polar surface area (TPSA) is 38.7 Å². The third-order valence-corrected chi connectivity index (χ3v) is 15.9. The first-order valence-corrected chi connectivity index (χ1v) is 21.1. The summed E-state index contributed by atoms with van der Waals surface area (Å²) in [6, 6.07) is 78.6. The van der Waals surface area contributed by atoms with Gasteiger partial charge in [0, 0.05) is 11.1 Å². The summed E-state index contributed by atoms with van der Waals surface area (Å²) in [5.74, 6) is 1.98. The third kappa shape index (κ3) is 5.79. The molecule has 8 aromatic carbocycles. The molecule has 4 heteroatoms. The average Bonchev–Trinajstić information content (AvgIpc) is 3.63. The molecule has 264 valence electrons. The Kier molecular flexibility index (Phi) is 8.58. The van der Waals surface area contributed by atoms with E-state index in [4.69, 9.17) is 15.0 Å². The molecular formula is C52H37N3Si. The van der Waals surface area contributed by atoms with E-state index in [0.717, 1.165) is 17.0 Å². The summed E-state index contributed by atoms with van der Waals surface area (Å²) in [4.78, 5) is 15.9. The third-order valence-electron chi connectivity index (χ3n) is 11.2. The Morgan fingerprint density at radius 2 is 0.714 bits per heavy atom. The molecule has 1 aliphatic rings. The summed E-state index contributed by atoms with van der Waals surface area (Å²) in [6.07, 6.45) is 0. The van der Waals surface area contributed by atoms with Gasteiger partial charge in [0.05, 0.1) is 5.92 Å². The second kappa shape index (κ2) is 14.3. The number of aromatic nitrogens is 3. The van der Waals surface area contributed by atoms with Gasteiger partial charge >= 0.3 is 0 Å². The van der Waals surface area contributed by atoms with Gasteiger partial charge < -0.3 is 0 Å².